The second-order valence-electron chi connectivity index (χ2n) is 6.34. The molecule has 0 spiro atoms. The van der Waals surface area contributed by atoms with Crippen molar-refractivity contribution in [3.8, 4) is 5.75 Å². The van der Waals surface area contributed by atoms with Crippen LogP contribution in [-0.2, 0) is 16.2 Å². The van der Waals surface area contributed by atoms with Gasteiger partial charge in [0.2, 0.25) is 5.13 Å². The highest BCUT2D eigenvalue weighted by molar-refractivity contribution is 7.73. The summed E-state index contributed by atoms with van der Waals surface area (Å²) in [6.45, 7) is 4.45. The van der Waals surface area contributed by atoms with Crippen LogP contribution in [0.4, 0.5) is 10.8 Å². The van der Waals surface area contributed by atoms with E-state index in [0.717, 1.165) is 36.0 Å². The highest BCUT2D eigenvalue weighted by atomic mass is 32.1. The highest BCUT2D eigenvalue weighted by Crippen LogP contribution is 2.24. The van der Waals surface area contributed by atoms with Crippen molar-refractivity contribution in [1.82, 2.24) is 14.7 Å². The molecule has 1 atom stereocenters. The number of carbonyl (C=O) groups excluding carboxylic acids is 1. The number of piperidine rings is 1. The molecule has 0 bridgehead atoms. The molecule has 0 amide bonds. The van der Waals surface area contributed by atoms with Crippen LogP contribution in [0.15, 0.2) is 24.3 Å². The van der Waals surface area contributed by atoms with Gasteiger partial charge in [-0.2, -0.15) is 0 Å². The van der Waals surface area contributed by atoms with E-state index in [9.17, 15) is 4.79 Å². The summed E-state index contributed by atoms with van der Waals surface area (Å²) in [4.78, 5) is 14.2. The van der Waals surface area contributed by atoms with Gasteiger partial charge >= 0.3 is 5.97 Å². The van der Waals surface area contributed by atoms with Crippen molar-refractivity contribution < 1.29 is 14.3 Å². The Bertz CT molecular complexity index is 819. The Balaban J connectivity index is 1.62. The number of benzene rings is 1. The highest BCUT2D eigenvalue weighted by Gasteiger charge is 2.27. The van der Waals surface area contributed by atoms with Crippen LogP contribution in [0.1, 0.15) is 19.8 Å². The average Bonchev–Trinajstić information content (AvgIpc) is 3.01. The molecule has 0 saturated carbocycles. The predicted molar refractivity (Wildman–Crippen MR) is 108 cm³/mol. The molecule has 1 aliphatic rings. The third-order valence-corrected chi connectivity index (χ3v) is 5.63. The molecule has 1 aliphatic heterocycles. The maximum atomic E-state index is 12.0. The molecular weight excluding hydrogens is 384 g/mol. The Kier molecular flexibility index (Phi) is 6.81. The monoisotopic (exact) mass is 408 g/mol. The van der Waals surface area contributed by atoms with Gasteiger partial charge in [-0.25, -0.2) is 4.68 Å². The number of nitrogens with one attached hydrogen (secondary N) is 1. The number of aromatic nitrogens is 2. The fourth-order valence-corrected chi connectivity index (χ4v) is 4.08. The predicted octanol–water partition coefficient (Wildman–Crippen LogP) is 3.66. The summed E-state index contributed by atoms with van der Waals surface area (Å²) in [5.41, 5.74) is 0.923. The second kappa shape index (κ2) is 9.29. The molecule has 1 fully saturated rings. The zero-order valence-electron chi connectivity index (χ0n) is 15.5. The van der Waals surface area contributed by atoms with Crippen molar-refractivity contribution in [3.05, 3.63) is 28.2 Å². The van der Waals surface area contributed by atoms with Crippen molar-refractivity contribution in [2.24, 2.45) is 5.92 Å². The minimum absolute atomic E-state index is 0.0663. The van der Waals surface area contributed by atoms with E-state index in [2.05, 4.69) is 15.3 Å². The molecule has 0 radical (unpaired) electrons. The maximum absolute atomic E-state index is 12.0. The minimum atomic E-state index is -0.106. The first kappa shape index (κ1) is 19.8. The van der Waals surface area contributed by atoms with Gasteiger partial charge in [-0.15, -0.1) is 5.10 Å². The largest absolute Gasteiger partial charge is 0.497 e. The summed E-state index contributed by atoms with van der Waals surface area (Å²) < 4.78 is 12.8. The first-order chi connectivity index (χ1) is 13.1. The number of ether oxygens (including phenoxy) is 2. The Labute approximate surface area is 167 Å². The van der Waals surface area contributed by atoms with Crippen LogP contribution in [0.3, 0.4) is 0 Å². The summed E-state index contributed by atoms with van der Waals surface area (Å²) >= 11 is 6.89. The van der Waals surface area contributed by atoms with Crippen molar-refractivity contribution >= 4 is 40.3 Å². The average molecular weight is 409 g/mol. The smallest absolute Gasteiger partial charge is 0.310 e. The SMILES string of the molecule is CCOC(=O)[C@H]1CCCN(Cn2nc(Nc3ccc(OC)cc3)sc2=S)C1. The lowest BCUT2D eigenvalue weighted by Crippen LogP contribution is -2.40. The molecule has 1 aromatic heterocycles. The topological polar surface area (TPSA) is 68.6 Å². The number of carbonyl (C=O) groups is 1. The van der Waals surface area contributed by atoms with Crippen molar-refractivity contribution in [2.45, 2.75) is 26.4 Å². The fraction of sp³-hybridized carbons (Fsp3) is 0.500. The lowest BCUT2D eigenvalue weighted by molar-refractivity contribution is -0.150. The number of methoxy groups -OCH3 is 1. The summed E-state index contributed by atoms with van der Waals surface area (Å²) in [6.07, 6.45) is 1.85. The Morgan fingerprint density at radius 1 is 1.41 bits per heavy atom. The van der Waals surface area contributed by atoms with E-state index >= 15 is 0 Å². The Hall–Kier alpha value is -1.97. The lowest BCUT2D eigenvalue weighted by atomic mass is 9.99. The van der Waals surface area contributed by atoms with E-state index in [0.29, 0.717) is 23.8 Å². The van der Waals surface area contributed by atoms with E-state index in [1.54, 1.807) is 11.8 Å². The van der Waals surface area contributed by atoms with Gasteiger partial charge in [-0.3, -0.25) is 9.69 Å². The molecule has 27 heavy (non-hydrogen) atoms. The summed E-state index contributed by atoms with van der Waals surface area (Å²) in [6, 6.07) is 7.65. The lowest BCUT2D eigenvalue weighted by Gasteiger charge is -2.31. The van der Waals surface area contributed by atoms with Gasteiger partial charge < -0.3 is 14.8 Å². The normalized spacial score (nSPS) is 17.5. The number of rotatable bonds is 7. The van der Waals surface area contributed by atoms with Gasteiger partial charge in [0.15, 0.2) is 3.95 Å². The van der Waals surface area contributed by atoms with Crippen molar-refractivity contribution in [3.63, 3.8) is 0 Å². The number of hydrogen-bond donors (Lipinski definition) is 1. The van der Waals surface area contributed by atoms with E-state index in [4.69, 9.17) is 21.7 Å². The molecule has 2 aromatic rings. The van der Waals surface area contributed by atoms with Crippen LogP contribution in [0.2, 0.25) is 0 Å². The third kappa shape index (κ3) is 5.27. The first-order valence-corrected chi connectivity index (χ1v) is 10.2. The Morgan fingerprint density at radius 3 is 2.89 bits per heavy atom. The molecular formula is C18H24N4O3S2. The molecule has 1 aromatic carbocycles. The fourth-order valence-electron chi connectivity index (χ4n) is 3.07. The van der Waals surface area contributed by atoms with Crippen molar-refractivity contribution in [1.29, 1.82) is 0 Å². The summed E-state index contributed by atoms with van der Waals surface area (Å²) in [5.74, 6) is 0.634. The zero-order valence-corrected chi connectivity index (χ0v) is 17.1. The Morgan fingerprint density at radius 2 is 2.19 bits per heavy atom. The molecule has 0 unspecified atom stereocenters. The quantitative estimate of drug-likeness (QED) is 0.554. The van der Waals surface area contributed by atoms with Crippen LogP contribution in [0, 0.1) is 9.87 Å². The number of hydrogen-bond acceptors (Lipinski definition) is 8. The first-order valence-electron chi connectivity index (χ1n) is 8.97. The van der Waals surface area contributed by atoms with Gasteiger partial charge in [0.05, 0.1) is 26.3 Å². The van der Waals surface area contributed by atoms with Gasteiger partial charge in [-0.1, -0.05) is 11.3 Å². The van der Waals surface area contributed by atoms with Crippen LogP contribution in [-0.4, -0.2) is 47.5 Å². The molecule has 146 valence electrons. The molecule has 3 rings (SSSR count). The van der Waals surface area contributed by atoms with E-state index in [1.807, 2.05) is 31.2 Å². The number of anilines is 2. The molecule has 9 heteroatoms. The van der Waals surface area contributed by atoms with Gasteiger partial charge in [0, 0.05) is 12.2 Å². The van der Waals surface area contributed by atoms with E-state index < -0.39 is 0 Å². The third-order valence-electron chi connectivity index (χ3n) is 4.41. The van der Waals surface area contributed by atoms with Crippen LogP contribution in [0.5, 0.6) is 5.75 Å². The van der Waals surface area contributed by atoms with Crippen LogP contribution < -0.4 is 10.1 Å². The van der Waals surface area contributed by atoms with E-state index in [-0.39, 0.29) is 11.9 Å². The minimum Gasteiger partial charge on any atom is -0.497 e. The zero-order chi connectivity index (χ0) is 19.2. The standard InChI is InChI=1S/C18H24N4O3S2/c1-3-25-16(23)13-5-4-10-21(11-13)12-22-18(26)27-17(20-22)19-14-6-8-15(24-2)9-7-14/h6-9,13H,3-5,10-12H2,1-2H3,(H,19,20)/t13-/m0/s1. The summed E-state index contributed by atoms with van der Waals surface area (Å²) in [5, 5.41) is 8.59. The van der Waals surface area contributed by atoms with Crippen molar-refractivity contribution in [2.75, 3.05) is 32.1 Å². The molecule has 7 nitrogen and oxygen atoms in total. The van der Waals surface area contributed by atoms with Gasteiger partial charge in [-0.05, 0) is 62.8 Å². The number of esters is 1. The molecule has 2 heterocycles. The maximum Gasteiger partial charge on any atom is 0.310 e. The second-order valence-corrected chi connectivity index (χ2v) is 7.96. The molecule has 0 aliphatic carbocycles. The van der Waals surface area contributed by atoms with E-state index in [1.165, 1.54) is 11.3 Å². The van der Waals surface area contributed by atoms with Crippen LogP contribution >= 0.6 is 23.6 Å². The number of nitrogens with zero attached hydrogens (tertiary/aromatic N) is 3. The summed E-state index contributed by atoms with van der Waals surface area (Å²) in [7, 11) is 1.64. The van der Waals surface area contributed by atoms with Gasteiger partial charge in [0.1, 0.15) is 5.75 Å². The van der Waals surface area contributed by atoms with Crippen LogP contribution in [0.25, 0.3) is 0 Å². The molecule has 1 saturated heterocycles. The molecule has 1 N–H and O–H groups in total. The number of likely N-dealkylation sites (tertiary alicyclic amines) is 1. The van der Waals surface area contributed by atoms with Gasteiger partial charge in [0.25, 0.3) is 0 Å².